The third-order valence-electron chi connectivity index (χ3n) is 4.90. The molecule has 1 N–H and O–H groups in total. The standard InChI is InChI=1S/C23H16N8O2S/c1-34(32,33)30-22-25-14-26-31(22)23-28-20(16-5-3-2-4-6-16)27-21(29-23)19-10-9-17-11-15(13-24)7-8-18(17)12-19/h2-12,14H,1H3,(H,25,26,30). The number of nitriles is 1. The van der Waals surface area contributed by atoms with Crippen LogP contribution in [0.5, 0.6) is 0 Å². The molecule has 0 spiro atoms. The number of nitrogens with zero attached hydrogens (tertiary/aromatic N) is 7. The molecule has 5 rings (SSSR count). The minimum atomic E-state index is -3.60. The van der Waals surface area contributed by atoms with Crippen LogP contribution in [0.1, 0.15) is 5.56 Å². The molecule has 0 aliphatic carbocycles. The van der Waals surface area contributed by atoms with Gasteiger partial charge in [0, 0.05) is 11.1 Å². The molecule has 166 valence electrons. The third-order valence-corrected chi connectivity index (χ3v) is 5.45. The maximum Gasteiger partial charge on any atom is 0.257 e. The molecule has 0 atom stereocenters. The summed E-state index contributed by atoms with van der Waals surface area (Å²) in [5.74, 6) is 0.825. The zero-order chi connectivity index (χ0) is 23.7. The van der Waals surface area contributed by atoms with Crippen LogP contribution in [0.3, 0.4) is 0 Å². The van der Waals surface area contributed by atoms with Crippen LogP contribution in [-0.2, 0) is 10.0 Å². The van der Waals surface area contributed by atoms with Gasteiger partial charge in [-0.05, 0) is 29.0 Å². The number of nitrogens with one attached hydrogen (secondary N) is 1. The van der Waals surface area contributed by atoms with E-state index in [1.165, 1.54) is 11.0 Å². The minimum absolute atomic E-state index is 0.0405. The van der Waals surface area contributed by atoms with Crippen molar-refractivity contribution in [3.8, 4) is 34.8 Å². The van der Waals surface area contributed by atoms with Gasteiger partial charge in [0.1, 0.15) is 6.33 Å². The summed E-state index contributed by atoms with van der Waals surface area (Å²) < 4.78 is 27.1. The van der Waals surface area contributed by atoms with Gasteiger partial charge in [-0.3, -0.25) is 4.72 Å². The Bertz CT molecular complexity index is 1670. The molecule has 0 amide bonds. The van der Waals surface area contributed by atoms with Crippen LogP contribution >= 0.6 is 0 Å². The lowest BCUT2D eigenvalue weighted by atomic mass is 10.0. The molecule has 0 unspecified atom stereocenters. The number of aromatic nitrogens is 6. The van der Waals surface area contributed by atoms with Crippen molar-refractivity contribution in [2.45, 2.75) is 0 Å². The van der Waals surface area contributed by atoms with Gasteiger partial charge in [0.05, 0.1) is 17.9 Å². The molecule has 11 heteroatoms. The monoisotopic (exact) mass is 468 g/mol. The fourth-order valence-electron chi connectivity index (χ4n) is 3.38. The molecule has 2 aromatic heterocycles. The molecule has 0 saturated carbocycles. The van der Waals surface area contributed by atoms with E-state index in [2.05, 4.69) is 35.8 Å². The van der Waals surface area contributed by atoms with E-state index < -0.39 is 10.0 Å². The van der Waals surface area contributed by atoms with Crippen molar-refractivity contribution in [1.82, 2.24) is 29.7 Å². The molecule has 0 radical (unpaired) electrons. The molecular formula is C23H16N8O2S. The number of rotatable bonds is 5. The first-order chi connectivity index (χ1) is 16.4. The first-order valence-electron chi connectivity index (χ1n) is 10.0. The first-order valence-corrected chi connectivity index (χ1v) is 11.9. The molecule has 34 heavy (non-hydrogen) atoms. The fourth-order valence-corrected chi connectivity index (χ4v) is 3.85. The molecule has 0 saturated heterocycles. The van der Waals surface area contributed by atoms with Gasteiger partial charge in [-0.1, -0.05) is 48.5 Å². The van der Waals surface area contributed by atoms with E-state index >= 15 is 0 Å². The van der Waals surface area contributed by atoms with Crippen molar-refractivity contribution >= 4 is 26.7 Å². The highest BCUT2D eigenvalue weighted by Gasteiger charge is 2.17. The summed E-state index contributed by atoms with van der Waals surface area (Å²) in [6, 6.07) is 22.6. The Morgan fingerprint density at radius 2 is 1.59 bits per heavy atom. The van der Waals surface area contributed by atoms with Gasteiger partial charge in [0.25, 0.3) is 5.95 Å². The van der Waals surface area contributed by atoms with E-state index in [-0.39, 0.29) is 11.9 Å². The van der Waals surface area contributed by atoms with Crippen LogP contribution in [0.2, 0.25) is 0 Å². The zero-order valence-corrected chi connectivity index (χ0v) is 18.6. The van der Waals surface area contributed by atoms with Gasteiger partial charge in [-0.2, -0.15) is 30.0 Å². The van der Waals surface area contributed by atoms with E-state index in [0.717, 1.165) is 28.2 Å². The first kappa shape index (κ1) is 21.2. The highest BCUT2D eigenvalue weighted by molar-refractivity contribution is 7.92. The van der Waals surface area contributed by atoms with Crippen molar-refractivity contribution in [1.29, 1.82) is 5.26 Å². The van der Waals surface area contributed by atoms with Crippen molar-refractivity contribution < 1.29 is 8.42 Å². The van der Waals surface area contributed by atoms with Crippen LogP contribution in [0, 0.1) is 11.3 Å². The molecule has 10 nitrogen and oxygen atoms in total. The average Bonchev–Trinajstić information content (AvgIpc) is 3.30. The molecule has 2 heterocycles. The molecule has 0 fully saturated rings. The number of benzene rings is 3. The predicted molar refractivity (Wildman–Crippen MR) is 126 cm³/mol. The van der Waals surface area contributed by atoms with E-state index in [1.807, 2.05) is 60.7 Å². The summed E-state index contributed by atoms with van der Waals surface area (Å²) in [5, 5.41) is 15.1. The quantitative estimate of drug-likeness (QED) is 0.415. The van der Waals surface area contributed by atoms with Gasteiger partial charge < -0.3 is 0 Å². The van der Waals surface area contributed by atoms with Crippen LogP contribution < -0.4 is 4.72 Å². The van der Waals surface area contributed by atoms with Crippen molar-refractivity contribution in [2.24, 2.45) is 0 Å². The highest BCUT2D eigenvalue weighted by atomic mass is 32.2. The molecular weight excluding hydrogens is 452 g/mol. The lowest BCUT2D eigenvalue weighted by Crippen LogP contribution is -2.16. The molecule has 0 aliphatic heterocycles. The van der Waals surface area contributed by atoms with E-state index in [1.54, 1.807) is 6.07 Å². The second kappa shape index (κ2) is 8.34. The van der Waals surface area contributed by atoms with E-state index in [4.69, 9.17) is 5.26 Å². The Morgan fingerprint density at radius 3 is 2.32 bits per heavy atom. The summed E-state index contributed by atoms with van der Waals surface area (Å²) >= 11 is 0. The van der Waals surface area contributed by atoms with Crippen molar-refractivity contribution in [2.75, 3.05) is 11.0 Å². The Morgan fingerprint density at radius 1 is 0.882 bits per heavy atom. The number of hydrogen-bond donors (Lipinski definition) is 1. The Kier molecular flexibility index (Phi) is 5.19. The van der Waals surface area contributed by atoms with Gasteiger partial charge in [0.15, 0.2) is 11.6 Å². The normalized spacial score (nSPS) is 11.3. The fraction of sp³-hybridized carbons (Fsp3) is 0.0435. The second-order valence-corrected chi connectivity index (χ2v) is 9.16. The molecule has 0 aliphatic rings. The second-order valence-electron chi connectivity index (χ2n) is 7.41. The summed E-state index contributed by atoms with van der Waals surface area (Å²) in [6.07, 6.45) is 2.23. The Hall–Kier alpha value is -4.69. The molecule has 0 bridgehead atoms. The van der Waals surface area contributed by atoms with Gasteiger partial charge in [-0.25, -0.2) is 13.4 Å². The number of fused-ring (bicyclic) bond motifs is 1. The number of hydrogen-bond acceptors (Lipinski definition) is 8. The van der Waals surface area contributed by atoms with Crippen molar-refractivity contribution in [3.05, 3.63) is 78.6 Å². The summed E-state index contributed by atoms with van der Waals surface area (Å²) in [5.41, 5.74) is 2.05. The minimum Gasteiger partial charge on any atom is -0.251 e. The van der Waals surface area contributed by atoms with Crippen LogP contribution in [-0.4, -0.2) is 44.4 Å². The SMILES string of the molecule is CS(=O)(=O)Nc1ncnn1-c1nc(-c2ccccc2)nc(-c2ccc3cc(C#N)ccc3c2)n1. The topological polar surface area (TPSA) is 139 Å². The number of anilines is 1. The van der Waals surface area contributed by atoms with Gasteiger partial charge in [-0.15, -0.1) is 0 Å². The number of sulfonamides is 1. The van der Waals surface area contributed by atoms with Crippen LogP contribution in [0.15, 0.2) is 73.1 Å². The highest BCUT2D eigenvalue weighted by Crippen LogP contribution is 2.26. The summed E-state index contributed by atoms with van der Waals surface area (Å²) in [6.45, 7) is 0. The van der Waals surface area contributed by atoms with E-state index in [9.17, 15) is 8.42 Å². The van der Waals surface area contributed by atoms with Gasteiger partial charge >= 0.3 is 0 Å². The van der Waals surface area contributed by atoms with E-state index in [0.29, 0.717) is 17.2 Å². The largest absolute Gasteiger partial charge is 0.257 e. The average molecular weight is 469 g/mol. The third kappa shape index (κ3) is 4.30. The van der Waals surface area contributed by atoms with Gasteiger partial charge in [0.2, 0.25) is 16.0 Å². The van der Waals surface area contributed by atoms with Crippen LogP contribution in [0.4, 0.5) is 5.95 Å². The Labute approximate surface area is 194 Å². The zero-order valence-electron chi connectivity index (χ0n) is 17.8. The van der Waals surface area contributed by atoms with Crippen LogP contribution in [0.25, 0.3) is 39.5 Å². The lowest BCUT2D eigenvalue weighted by Gasteiger charge is -2.10. The predicted octanol–water partition coefficient (Wildman–Crippen LogP) is 3.18. The molecule has 5 aromatic rings. The van der Waals surface area contributed by atoms with Crippen molar-refractivity contribution in [3.63, 3.8) is 0 Å². The maximum absolute atomic E-state index is 11.8. The lowest BCUT2D eigenvalue weighted by molar-refractivity contribution is 0.606. The summed E-state index contributed by atoms with van der Waals surface area (Å²) in [7, 11) is -3.60. The Balaban J connectivity index is 1.69. The smallest absolute Gasteiger partial charge is 0.251 e. The molecule has 3 aromatic carbocycles. The summed E-state index contributed by atoms with van der Waals surface area (Å²) in [4.78, 5) is 17.7. The maximum atomic E-state index is 11.8.